The first-order valence-electron chi connectivity index (χ1n) is 7.64. The third kappa shape index (κ3) is 2.68. The molecule has 0 saturated carbocycles. The Hall–Kier alpha value is -1.81. The molecule has 4 heteroatoms. The minimum Gasteiger partial charge on any atom is -0.497 e. The van der Waals surface area contributed by atoms with E-state index < -0.39 is 0 Å². The van der Waals surface area contributed by atoms with Crippen LogP contribution < -0.4 is 10.1 Å². The molecule has 0 spiro atoms. The fraction of sp³-hybridized carbons (Fsp3) is 0.471. The molecule has 1 aliphatic carbocycles. The van der Waals surface area contributed by atoms with Gasteiger partial charge in [0.05, 0.1) is 25.4 Å². The van der Waals surface area contributed by atoms with Crippen LogP contribution in [0.4, 0.5) is 0 Å². The Morgan fingerprint density at radius 1 is 1.43 bits per heavy atom. The Bertz CT molecular complexity index is 620. The molecule has 1 N–H and O–H groups in total. The van der Waals surface area contributed by atoms with Crippen molar-refractivity contribution < 1.29 is 4.74 Å². The maximum atomic E-state index is 5.39. The number of methoxy groups -OCH3 is 1. The van der Waals surface area contributed by atoms with E-state index in [9.17, 15) is 0 Å². The van der Waals surface area contributed by atoms with Crippen LogP contribution in [-0.2, 0) is 6.42 Å². The van der Waals surface area contributed by atoms with Crippen LogP contribution in [0.1, 0.15) is 42.1 Å². The zero-order valence-electron chi connectivity index (χ0n) is 13.0. The SMILES string of the molecule is CCCNC1c2cc(OC)ccc2CC1n1cc(C)cn1. The van der Waals surface area contributed by atoms with Crippen molar-refractivity contribution in [2.45, 2.75) is 38.8 Å². The van der Waals surface area contributed by atoms with Gasteiger partial charge in [-0.25, -0.2) is 0 Å². The zero-order valence-corrected chi connectivity index (χ0v) is 13.0. The van der Waals surface area contributed by atoms with Crippen molar-refractivity contribution in [2.75, 3.05) is 13.7 Å². The molecule has 3 rings (SSSR count). The molecule has 1 aromatic carbocycles. The van der Waals surface area contributed by atoms with Crippen LogP contribution in [0.25, 0.3) is 0 Å². The number of ether oxygens (including phenoxy) is 1. The summed E-state index contributed by atoms with van der Waals surface area (Å²) in [6.45, 7) is 5.29. The highest BCUT2D eigenvalue weighted by atomic mass is 16.5. The van der Waals surface area contributed by atoms with Crippen molar-refractivity contribution >= 4 is 0 Å². The molecule has 4 nitrogen and oxygen atoms in total. The van der Waals surface area contributed by atoms with Crippen molar-refractivity contribution in [2.24, 2.45) is 0 Å². The maximum Gasteiger partial charge on any atom is 0.119 e. The van der Waals surface area contributed by atoms with E-state index in [1.54, 1.807) is 7.11 Å². The summed E-state index contributed by atoms with van der Waals surface area (Å²) < 4.78 is 7.49. The van der Waals surface area contributed by atoms with Crippen molar-refractivity contribution in [3.63, 3.8) is 0 Å². The van der Waals surface area contributed by atoms with Gasteiger partial charge in [-0.3, -0.25) is 4.68 Å². The Kier molecular flexibility index (Phi) is 3.97. The normalized spacial score (nSPS) is 20.5. The van der Waals surface area contributed by atoms with Gasteiger partial charge in [0.25, 0.3) is 0 Å². The van der Waals surface area contributed by atoms with E-state index in [-0.39, 0.29) is 0 Å². The Labute approximate surface area is 126 Å². The highest BCUT2D eigenvalue weighted by Gasteiger charge is 2.34. The molecular formula is C17H23N3O. The summed E-state index contributed by atoms with van der Waals surface area (Å²) in [6, 6.07) is 7.04. The third-order valence-corrected chi connectivity index (χ3v) is 4.19. The van der Waals surface area contributed by atoms with E-state index >= 15 is 0 Å². The van der Waals surface area contributed by atoms with Crippen molar-refractivity contribution in [3.05, 3.63) is 47.3 Å². The molecule has 21 heavy (non-hydrogen) atoms. The fourth-order valence-electron chi connectivity index (χ4n) is 3.13. The summed E-state index contributed by atoms with van der Waals surface area (Å²) in [5.41, 5.74) is 3.95. The lowest BCUT2D eigenvalue weighted by atomic mass is 10.1. The number of aryl methyl sites for hydroxylation is 1. The average molecular weight is 285 g/mol. The van der Waals surface area contributed by atoms with E-state index in [1.807, 2.05) is 12.3 Å². The number of fused-ring (bicyclic) bond motifs is 1. The lowest BCUT2D eigenvalue weighted by molar-refractivity contribution is 0.354. The van der Waals surface area contributed by atoms with E-state index in [1.165, 1.54) is 16.7 Å². The van der Waals surface area contributed by atoms with Crippen LogP contribution in [0.3, 0.4) is 0 Å². The summed E-state index contributed by atoms with van der Waals surface area (Å²) in [4.78, 5) is 0. The quantitative estimate of drug-likeness (QED) is 0.917. The third-order valence-electron chi connectivity index (χ3n) is 4.19. The number of nitrogens with one attached hydrogen (secondary N) is 1. The van der Waals surface area contributed by atoms with Gasteiger partial charge in [-0.15, -0.1) is 0 Å². The lowest BCUT2D eigenvalue weighted by Crippen LogP contribution is -2.28. The van der Waals surface area contributed by atoms with Gasteiger partial charge in [0.15, 0.2) is 0 Å². The highest BCUT2D eigenvalue weighted by molar-refractivity contribution is 5.42. The number of hydrogen-bond donors (Lipinski definition) is 1. The van der Waals surface area contributed by atoms with Gasteiger partial charge in [-0.05, 0) is 55.1 Å². The van der Waals surface area contributed by atoms with Crippen LogP contribution in [0.5, 0.6) is 5.75 Å². The minimum absolute atomic E-state index is 0.300. The van der Waals surface area contributed by atoms with E-state index in [0.29, 0.717) is 12.1 Å². The monoisotopic (exact) mass is 285 g/mol. The molecular weight excluding hydrogens is 262 g/mol. The molecule has 0 bridgehead atoms. The van der Waals surface area contributed by atoms with Crippen LogP contribution in [0.2, 0.25) is 0 Å². The van der Waals surface area contributed by atoms with Gasteiger partial charge >= 0.3 is 0 Å². The van der Waals surface area contributed by atoms with Gasteiger partial charge in [0.2, 0.25) is 0 Å². The lowest BCUT2D eigenvalue weighted by Gasteiger charge is -2.22. The molecule has 2 atom stereocenters. The summed E-state index contributed by atoms with van der Waals surface area (Å²) >= 11 is 0. The smallest absolute Gasteiger partial charge is 0.119 e. The number of benzene rings is 1. The van der Waals surface area contributed by atoms with Gasteiger partial charge in [-0.2, -0.15) is 5.10 Å². The maximum absolute atomic E-state index is 5.39. The first-order valence-corrected chi connectivity index (χ1v) is 7.64. The molecule has 0 saturated heterocycles. The van der Waals surface area contributed by atoms with Crippen LogP contribution in [0.15, 0.2) is 30.6 Å². The van der Waals surface area contributed by atoms with Crippen molar-refractivity contribution in [1.29, 1.82) is 0 Å². The van der Waals surface area contributed by atoms with E-state index in [0.717, 1.165) is 25.1 Å². The predicted octanol–water partition coefficient (Wildman–Crippen LogP) is 3.04. The second kappa shape index (κ2) is 5.90. The summed E-state index contributed by atoms with van der Waals surface area (Å²) in [5, 5.41) is 8.21. The van der Waals surface area contributed by atoms with Crippen LogP contribution >= 0.6 is 0 Å². The van der Waals surface area contributed by atoms with E-state index in [2.05, 4.69) is 47.3 Å². The number of aromatic nitrogens is 2. The summed E-state index contributed by atoms with van der Waals surface area (Å²) in [5.74, 6) is 0.925. The molecule has 1 heterocycles. The summed E-state index contributed by atoms with van der Waals surface area (Å²) in [6.07, 6.45) is 6.21. The van der Waals surface area contributed by atoms with Gasteiger partial charge in [0, 0.05) is 6.20 Å². The van der Waals surface area contributed by atoms with Gasteiger partial charge < -0.3 is 10.1 Å². The first-order chi connectivity index (χ1) is 10.2. The van der Waals surface area contributed by atoms with Crippen LogP contribution in [0, 0.1) is 6.92 Å². The number of nitrogens with zero attached hydrogens (tertiary/aromatic N) is 2. The predicted molar refractivity (Wildman–Crippen MR) is 83.7 cm³/mol. The largest absolute Gasteiger partial charge is 0.497 e. The zero-order chi connectivity index (χ0) is 14.8. The molecule has 0 aliphatic heterocycles. The number of rotatable bonds is 5. The molecule has 2 unspecified atom stereocenters. The minimum atomic E-state index is 0.300. The molecule has 2 aromatic rings. The Morgan fingerprint density at radius 2 is 2.29 bits per heavy atom. The van der Waals surface area contributed by atoms with Crippen molar-refractivity contribution in [3.8, 4) is 5.75 Å². The van der Waals surface area contributed by atoms with E-state index in [4.69, 9.17) is 4.74 Å². The average Bonchev–Trinajstić information content (AvgIpc) is 3.07. The summed E-state index contributed by atoms with van der Waals surface area (Å²) in [7, 11) is 1.72. The Morgan fingerprint density at radius 3 is 2.95 bits per heavy atom. The van der Waals surface area contributed by atoms with Crippen LogP contribution in [-0.4, -0.2) is 23.4 Å². The number of hydrogen-bond acceptors (Lipinski definition) is 3. The topological polar surface area (TPSA) is 39.1 Å². The molecule has 1 aliphatic rings. The van der Waals surface area contributed by atoms with Gasteiger partial charge in [-0.1, -0.05) is 13.0 Å². The molecule has 112 valence electrons. The molecule has 0 amide bonds. The standard InChI is InChI=1S/C17H23N3O/c1-4-7-18-17-15-9-14(21-3)6-5-13(15)8-16(17)20-11-12(2)10-19-20/h5-6,9-11,16-18H,4,7-8H2,1-3H3. The first kappa shape index (κ1) is 14.1. The Balaban J connectivity index is 1.95. The van der Waals surface area contributed by atoms with Crippen molar-refractivity contribution in [1.82, 2.24) is 15.1 Å². The fourth-order valence-corrected chi connectivity index (χ4v) is 3.13. The van der Waals surface area contributed by atoms with Gasteiger partial charge in [0.1, 0.15) is 5.75 Å². The second-order valence-electron chi connectivity index (χ2n) is 5.77. The molecule has 0 radical (unpaired) electrons. The molecule has 0 fully saturated rings. The molecule has 1 aromatic heterocycles. The highest BCUT2D eigenvalue weighted by Crippen LogP contribution is 2.40. The second-order valence-corrected chi connectivity index (χ2v) is 5.77.